The average molecular weight is 799 g/mol. The van der Waals surface area contributed by atoms with Crippen molar-refractivity contribution in [3.8, 4) is 56.6 Å². The zero-order chi connectivity index (χ0) is 42.6. The van der Waals surface area contributed by atoms with Crippen molar-refractivity contribution >= 4 is 21.5 Å². The van der Waals surface area contributed by atoms with Gasteiger partial charge in [0, 0.05) is 21.9 Å². The smallest absolute Gasteiger partial charge is 0.138 e. The summed E-state index contributed by atoms with van der Waals surface area (Å²) in [5.41, 5.74) is 10.8. The largest absolute Gasteiger partial charge is 0.206 e. The van der Waals surface area contributed by atoms with E-state index in [4.69, 9.17) is 10.5 Å². The fourth-order valence-electron chi connectivity index (χ4n) is 7.80. The van der Waals surface area contributed by atoms with Crippen LogP contribution >= 0.6 is 0 Å². The van der Waals surface area contributed by atoms with Crippen LogP contribution in [0.25, 0.3) is 66.1 Å². The van der Waals surface area contributed by atoms with Crippen molar-refractivity contribution in [2.75, 3.05) is 0 Å². The molecule has 300 valence electrons. The first kappa shape index (κ1) is 42.0. The van der Waals surface area contributed by atoms with Crippen molar-refractivity contribution in [2.45, 2.75) is 58.3 Å². The molecule has 0 amide bonds. The zero-order valence-electron chi connectivity index (χ0n) is 34.6. The van der Waals surface area contributed by atoms with E-state index in [-0.39, 0.29) is 11.6 Å². The fourth-order valence-corrected chi connectivity index (χ4v) is 7.80. The van der Waals surface area contributed by atoms with Gasteiger partial charge >= 0.3 is 0 Å². The summed E-state index contributed by atoms with van der Waals surface area (Å²) in [6, 6.07) is 54.8. The van der Waals surface area contributed by atoms with Crippen LogP contribution in [0.4, 0.5) is 8.78 Å². The molecule has 0 spiro atoms. The van der Waals surface area contributed by atoms with Crippen LogP contribution in [-0.2, 0) is 12.8 Å². The van der Waals surface area contributed by atoms with Gasteiger partial charge in [-0.3, -0.25) is 0 Å². The lowest BCUT2D eigenvalue weighted by Crippen LogP contribution is -1.90. The summed E-state index contributed by atoms with van der Waals surface area (Å²) in [6.07, 6.45) is 11.1. The molecule has 0 saturated carbocycles. The van der Waals surface area contributed by atoms with E-state index in [2.05, 4.69) is 43.8 Å². The quantitative estimate of drug-likeness (QED) is 0.0861. The van der Waals surface area contributed by atoms with Gasteiger partial charge in [-0.15, -0.1) is 6.58 Å². The lowest BCUT2D eigenvalue weighted by Gasteiger charge is -2.10. The molecule has 0 fully saturated rings. The van der Waals surface area contributed by atoms with E-state index in [9.17, 15) is 0 Å². The molecule has 8 aromatic rings. The molecule has 0 N–H and O–H groups in total. The van der Waals surface area contributed by atoms with Crippen LogP contribution in [0.1, 0.15) is 67.7 Å². The molecule has 0 aromatic heterocycles. The van der Waals surface area contributed by atoms with E-state index >= 15 is 8.78 Å². The van der Waals surface area contributed by atoms with Crippen LogP contribution in [0.15, 0.2) is 170 Å². The molecule has 0 radical (unpaired) electrons. The summed E-state index contributed by atoms with van der Waals surface area (Å²) >= 11 is 0. The van der Waals surface area contributed by atoms with Crippen molar-refractivity contribution in [3.05, 3.63) is 204 Å². The van der Waals surface area contributed by atoms with Gasteiger partial charge in [0.2, 0.25) is 0 Å². The van der Waals surface area contributed by atoms with Gasteiger partial charge in [-0.05, 0) is 105 Å². The molecule has 61 heavy (non-hydrogen) atoms. The molecule has 0 unspecified atom stereocenters. The Bertz CT molecular complexity index is 2840. The predicted molar refractivity (Wildman–Crippen MR) is 250 cm³/mol. The number of fused-ring (bicyclic) bond motifs is 2. The average Bonchev–Trinajstić information content (AvgIpc) is 3.31. The Morgan fingerprint density at radius 3 is 1.26 bits per heavy atom. The van der Waals surface area contributed by atoms with Gasteiger partial charge in [0.15, 0.2) is 0 Å². The van der Waals surface area contributed by atoms with Crippen molar-refractivity contribution in [1.82, 2.24) is 0 Å². The minimum Gasteiger partial charge on any atom is -0.206 e. The van der Waals surface area contributed by atoms with Crippen LogP contribution < -0.4 is 0 Å². The molecule has 0 bridgehead atoms. The van der Waals surface area contributed by atoms with Crippen molar-refractivity contribution in [2.24, 2.45) is 0 Å². The van der Waals surface area contributed by atoms with E-state index in [1.165, 1.54) is 43.2 Å². The van der Waals surface area contributed by atoms with Gasteiger partial charge < -0.3 is 0 Å². The summed E-state index contributed by atoms with van der Waals surface area (Å²) in [5.74, 6) is -0.355. The third-order valence-corrected chi connectivity index (χ3v) is 11.3. The molecule has 0 aliphatic rings. The number of hydrogen-bond donors (Lipinski definition) is 0. The van der Waals surface area contributed by atoms with E-state index in [0.717, 1.165) is 63.4 Å². The number of hydrogen-bond acceptors (Lipinski definition) is 2. The summed E-state index contributed by atoms with van der Waals surface area (Å²) in [4.78, 5) is 0. The normalized spacial score (nSPS) is 10.8. The van der Waals surface area contributed by atoms with Crippen LogP contribution in [0, 0.1) is 34.3 Å². The van der Waals surface area contributed by atoms with E-state index in [0.29, 0.717) is 33.0 Å². The maximum Gasteiger partial charge on any atom is 0.138 e. The second-order valence-electron chi connectivity index (χ2n) is 15.5. The topological polar surface area (TPSA) is 47.6 Å². The summed E-state index contributed by atoms with van der Waals surface area (Å²) in [6.45, 7) is 5.99. The van der Waals surface area contributed by atoms with Gasteiger partial charge in [-0.1, -0.05) is 172 Å². The number of allylic oxidation sites excluding steroid dienone is 1. The van der Waals surface area contributed by atoms with Crippen molar-refractivity contribution < 1.29 is 8.78 Å². The number of unbranched alkanes of at least 4 members (excludes halogenated alkanes) is 4. The van der Waals surface area contributed by atoms with Crippen LogP contribution in [0.3, 0.4) is 0 Å². The third kappa shape index (κ3) is 10.2. The molecular weight excluding hydrogens is 751 g/mol. The van der Waals surface area contributed by atoms with Crippen molar-refractivity contribution in [1.29, 1.82) is 10.5 Å². The van der Waals surface area contributed by atoms with Gasteiger partial charge in [0.25, 0.3) is 0 Å². The molecular formula is C57H48F2N2. The molecule has 0 atom stereocenters. The summed E-state index contributed by atoms with van der Waals surface area (Å²) in [7, 11) is 0. The first-order valence-corrected chi connectivity index (χ1v) is 21.1. The Balaban J connectivity index is 0.000000185. The van der Waals surface area contributed by atoms with Crippen LogP contribution in [0.5, 0.6) is 0 Å². The highest BCUT2D eigenvalue weighted by Crippen LogP contribution is 2.33. The molecule has 4 heteroatoms. The van der Waals surface area contributed by atoms with E-state index in [1.807, 2.05) is 133 Å². The monoisotopic (exact) mass is 798 g/mol. The number of halogens is 2. The molecule has 0 saturated heterocycles. The number of nitrogens with zero attached hydrogens (tertiary/aromatic N) is 2. The van der Waals surface area contributed by atoms with Gasteiger partial charge in [0.1, 0.15) is 11.6 Å². The Kier molecular flexibility index (Phi) is 13.9. The van der Waals surface area contributed by atoms with Gasteiger partial charge in [-0.25, -0.2) is 8.78 Å². The lowest BCUT2D eigenvalue weighted by molar-refractivity contribution is 0.632. The Hall–Kier alpha value is -7.14. The third-order valence-electron chi connectivity index (χ3n) is 11.3. The SMILES string of the molecule is C=CCCc1ccc2c(F)c(-c3ccc(-c4ccc(C#N)cc4)cc3)ccc2c1.CCCCCCCc1ccc2c(F)c(-c3ccc(-c4ccc(C#N)cc4)cc3)ccc2c1. The van der Waals surface area contributed by atoms with E-state index < -0.39 is 0 Å². The predicted octanol–water partition coefficient (Wildman–Crippen LogP) is 16.0. The maximum absolute atomic E-state index is 15.4. The first-order valence-electron chi connectivity index (χ1n) is 21.1. The highest BCUT2D eigenvalue weighted by Gasteiger charge is 2.12. The minimum atomic E-state index is -0.191. The first-order chi connectivity index (χ1) is 29.9. The Labute approximate surface area is 358 Å². The molecule has 8 rings (SSSR count). The van der Waals surface area contributed by atoms with E-state index in [1.54, 1.807) is 12.1 Å². The fraction of sp³-hybridized carbons (Fsp3) is 0.158. The van der Waals surface area contributed by atoms with Crippen molar-refractivity contribution in [3.63, 3.8) is 0 Å². The standard InChI is InChI=1S/C30H28FN.C27H20FN/c1-2-3-4-5-6-7-22-10-18-29-27(20-22)17-19-28(30(29)31)26-15-13-25(14-16-26)24-11-8-23(21-32)9-12-24;1-2-3-4-19-7-15-26-24(17-19)14-16-25(27(26)28)23-12-10-22(11-13-23)21-8-5-20(18-29)6-9-21/h8-20H,2-7H2,1H3;2,5-17H,1,3-4H2. The molecule has 8 aromatic carbocycles. The maximum atomic E-state index is 15.4. The Morgan fingerprint density at radius 2 is 0.852 bits per heavy atom. The second-order valence-corrected chi connectivity index (χ2v) is 15.5. The van der Waals surface area contributed by atoms with Crippen LogP contribution in [0.2, 0.25) is 0 Å². The Morgan fingerprint density at radius 1 is 0.459 bits per heavy atom. The van der Waals surface area contributed by atoms with Crippen LogP contribution in [-0.4, -0.2) is 0 Å². The molecule has 0 aliphatic heterocycles. The molecule has 0 aliphatic carbocycles. The number of nitriles is 2. The van der Waals surface area contributed by atoms with Gasteiger partial charge in [-0.2, -0.15) is 10.5 Å². The molecule has 2 nitrogen and oxygen atoms in total. The summed E-state index contributed by atoms with van der Waals surface area (Å²) in [5, 5.41) is 21.1. The second kappa shape index (κ2) is 20.2. The number of rotatable bonds is 13. The zero-order valence-corrected chi connectivity index (χ0v) is 34.6. The highest BCUT2D eigenvalue weighted by molar-refractivity contribution is 5.90. The summed E-state index contributed by atoms with van der Waals surface area (Å²) < 4.78 is 30.6. The molecule has 0 heterocycles. The number of benzene rings is 8. The number of aryl methyl sites for hydroxylation is 2. The minimum absolute atomic E-state index is 0.164. The van der Waals surface area contributed by atoms with Gasteiger partial charge in [0.05, 0.1) is 23.3 Å². The lowest BCUT2D eigenvalue weighted by atomic mass is 9.96. The highest BCUT2D eigenvalue weighted by atomic mass is 19.1.